The number of anilines is 1. The predicted molar refractivity (Wildman–Crippen MR) is 119 cm³/mol. The van der Waals surface area contributed by atoms with Gasteiger partial charge in [0.1, 0.15) is 0 Å². The number of benzene rings is 2. The van der Waals surface area contributed by atoms with Crippen LogP contribution in [0.1, 0.15) is 39.6 Å². The summed E-state index contributed by atoms with van der Waals surface area (Å²) in [6, 6.07) is 12.9. The van der Waals surface area contributed by atoms with E-state index in [0.717, 1.165) is 28.7 Å². The number of imidazole rings is 1. The lowest BCUT2D eigenvalue weighted by Crippen LogP contribution is -2.32. The number of thiazole rings is 1. The summed E-state index contributed by atoms with van der Waals surface area (Å²) in [6.07, 6.45) is 6.19. The van der Waals surface area contributed by atoms with Crippen molar-refractivity contribution in [2.75, 3.05) is 11.4 Å². The summed E-state index contributed by atoms with van der Waals surface area (Å²) in [7, 11) is 0. The second-order valence-electron chi connectivity index (χ2n) is 7.21. The third kappa shape index (κ3) is 4.31. The summed E-state index contributed by atoms with van der Waals surface area (Å²) in [6.45, 7) is 4.85. The summed E-state index contributed by atoms with van der Waals surface area (Å²) in [4.78, 5) is 35.4. The van der Waals surface area contributed by atoms with Crippen molar-refractivity contribution >= 4 is 38.4 Å². The molecule has 0 N–H and O–H groups in total. The molecule has 0 aliphatic carbocycles. The predicted octanol–water partition coefficient (Wildman–Crippen LogP) is 4.74. The van der Waals surface area contributed by atoms with Crippen LogP contribution in [0.4, 0.5) is 5.13 Å². The topological polar surface area (TPSA) is 68.1 Å². The quantitative estimate of drug-likeness (QED) is 0.407. The minimum atomic E-state index is -0.119. The van der Waals surface area contributed by atoms with Crippen molar-refractivity contribution in [2.45, 2.75) is 26.8 Å². The first-order valence-corrected chi connectivity index (χ1v) is 10.6. The largest absolute Gasteiger partial charge is 0.337 e. The molecule has 0 atom stereocenters. The second kappa shape index (κ2) is 8.59. The molecule has 1 amide bonds. The van der Waals surface area contributed by atoms with Crippen molar-refractivity contribution in [2.24, 2.45) is 0 Å². The molecule has 4 rings (SSSR count). The molecule has 2 aromatic heterocycles. The molecule has 0 saturated heterocycles. The third-order valence-corrected chi connectivity index (χ3v) is 5.95. The average Bonchev–Trinajstić information content (AvgIpc) is 3.40. The van der Waals surface area contributed by atoms with E-state index in [-0.39, 0.29) is 11.7 Å². The molecule has 0 bridgehead atoms. The SMILES string of the molecule is CC(=O)c1ccc(C(=O)N(CCCn2ccnc2)c2nc3ccc(C)cc3s2)cc1. The first-order valence-electron chi connectivity index (χ1n) is 9.77. The van der Waals surface area contributed by atoms with Gasteiger partial charge in [0.25, 0.3) is 5.91 Å². The normalized spacial score (nSPS) is 11.0. The fourth-order valence-corrected chi connectivity index (χ4v) is 4.34. The molecule has 4 aromatic rings. The van der Waals surface area contributed by atoms with Crippen molar-refractivity contribution in [3.05, 3.63) is 77.9 Å². The number of carbonyl (C=O) groups excluding carboxylic acids is 2. The Morgan fingerprint density at radius 2 is 1.87 bits per heavy atom. The van der Waals surface area contributed by atoms with Crippen LogP contribution in [0.25, 0.3) is 10.2 Å². The Bertz CT molecular complexity index is 1180. The standard InChI is InChI=1S/C23H22N4O2S/c1-16-4-9-20-21(14-16)30-23(25-20)27(12-3-11-26-13-10-24-15-26)22(29)19-7-5-18(6-8-19)17(2)28/h4-10,13-15H,3,11-12H2,1-2H3. The Morgan fingerprint density at radius 1 is 1.10 bits per heavy atom. The van der Waals surface area contributed by atoms with Gasteiger partial charge in [0, 0.05) is 36.6 Å². The summed E-state index contributed by atoms with van der Waals surface area (Å²) < 4.78 is 3.05. The van der Waals surface area contributed by atoms with E-state index in [1.54, 1.807) is 41.7 Å². The molecule has 2 heterocycles. The van der Waals surface area contributed by atoms with Gasteiger partial charge in [-0.3, -0.25) is 14.5 Å². The van der Waals surface area contributed by atoms with Gasteiger partial charge >= 0.3 is 0 Å². The maximum atomic E-state index is 13.4. The first-order chi connectivity index (χ1) is 14.5. The first kappa shape index (κ1) is 20.0. The second-order valence-corrected chi connectivity index (χ2v) is 8.22. The molecule has 7 heteroatoms. The van der Waals surface area contributed by atoms with Crippen LogP contribution < -0.4 is 4.90 Å². The number of hydrogen-bond acceptors (Lipinski definition) is 5. The maximum absolute atomic E-state index is 13.4. The highest BCUT2D eigenvalue weighted by molar-refractivity contribution is 7.22. The number of aryl methyl sites for hydroxylation is 2. The van der Waals surface area contributed by atoms with Gasteiger partial charge in [-0.05, 0) is 50.1 Å². The average molecular weight is 419 g/mol. The molecular formula is C23H22N4O2S. The van der Waals surface area contributed by atoms with Crippen LogP contribution in [0, 0.1) is 6.92 Å². The van der Waals surface area contributed by atoms with Gasteiger partial charge in [-0.1, -0.05) is 29.5 Å². The van der Waals surface area contributed by atoms with E-state index in [4.69, 9.17) is 4.98 Å². The molecule has 0 unspecified atom stereocenters. The number of nitrogens with zero attached hydrogens (tertiary/aromatic N) is 4. The van der Waals surface area contributed by atoms with Gasteiger partial charge in [0.05, 0.1) is 16.5 Å². The minimum Gasteiger partial charge on any atom is -0.337 e. The van der Waals surface area contributed by atoms with Crippen LogP contribution in [-0.2, 0) is 6.54 Å². The smallest absolute Gasteiger partial charge is 0.260 e. The Kier molecular flexibility index (Phi) is 5.72. The van der Waals surface area contributed by atoms with E-state index in [1.165, 1.54) is 18.3 Å². The van der Waals surface area contributed by atoms with E-state index in [2.05, 4.69) is 11.1 Å². The number of Topliss-reactive ketones (excluding diaryl/α,β-unsaturated/α-hetero) is 1. The summed E-state index contributed by atoms with van der Waals surface area (Å²) in [5.74, 6) is -0.140. The van der Waals surface area contributed by atoms with Gasteiger partial charge in [-0.2, -0.15) is 0 Å². The van der Waals surface area contributed by atoms with E-state index in [1.807, 2.05) is 29.8 Å². The maximum Gasteiger partial charge on any atom is 0.260 e. The van der Waals surface area contributed by atoms with Crippen LogP contribution in [0.2, 0.25) is 0 Å². The number of ketones is 1. The summed E-state index contributed by atoms with van der Waals surface area (Å²) >= 11 is 1.52. The highest BCUT2D eigenvalue weighted by Gasteiger charge is 2.21. The van der Waals surface area contributed by atoms with Gasteiger partial charge in [-0.25, -0.2) is 9.97 Å². The van der Waals surface area contributed by atoms with Crippen LogP contribution in [-0.4, -0.2) is 32.8 Å². The number of aromatic nitrogens is 3. The van der Waals surface area contributed by atoms with Gasteiger partial charge in [0.15, 0.2) is 10.9 Å². The molecule has 30 heavy (non-hydrogen) atoms. The van der Waals surface area contributed by atoms with Crippen molar-refractivity contribution in [3.63, 3.8) is 0 Å². The highest BCUT2D eigenvalue weighted by Crippen LogP contribution is 2.30. The fourth-order valence-electron chi connectivity index (χ4n) is 3.25. The minimum absolute atomic E-state index is 0.0206. The van der Waals surface area contributed by atoms with Crippen molar-refractivity contribution < 1.29 is 9.59 Å². The zero-order valence-electron chi connectivity index (χ0n) is 16.9. The van der Waals surface area contributed by atoms with Crippen molar-refractivity contribution in [1.82, 2.24) is 14.5 Å². The molecule has 152 valence electrons. The Balaban J connectivity index is 1.62. The van der Waals surface area contributed by atoms with Gasteiger partial charge in [-0.15, -0.1) is 0 Å². The van der Waals surface area contributed by atoms with Crippen LogP contribution in [0.15, 0.2) is 61.2 Å². The number of amides is 1. The monoisotopic (exact) mass is 418 g/mol. The Labute approximate surface area is 178 Å². The van der Waals surface area contributed by atoms with E-state index < -0.39 is 0 Å². The van der Waals surface area contributed by atoms with E-state index in [0.29, 0.717) is 22.8 Å². The summed E-state index contributed by atoms with van der Waals surface area (Å²) in [5.41, 5.74) is 3.18. The molecule has 0 aliphatic rings. The third-order valence-electron chi connectivity index (χ3n) is 4.90. The fraction of sp³-hybridized carbons (Fsp3) is 0.217. The number of carbonyl (C=O) groups is 2. The molecule has 0 saturated carbocycles. The Morgan fingerprint density at radius 3 is 2.57 bits per heavy atom. The highest BCUT2D eigenvalue weighted by atomic mass is 32.1. The lowest BCUT2D eigenvalue weighted by Gasteiger charge is -2.20. The molecule has 6 nitrogen and oxygen atoms in total. The van der Waals surface area contributed by atoms with Crippen molar-refractivity contribution in [1.29, 1.82) is 0 Å². The molecule has 0 fully saturated rings. The number of rotatable bonds is 7. The zero-order chi connectivity index (χ0) is 21.1. The molecule has 0 radical (unpaired) electrons. The number of fused-ring (bicyclic) bond motifs is 1. The van der Waals surface area contributed by atoms with E-state index in [9.17, 15) is 9.59 Å². The molecule has 0 aliphatic heterocycles. The lowest BCUT2D eigenvalue weighted by molar-refractivity contribution is 0.0982. The van der Waals surface area contributed by atoms with Gasteiger partial charge in [0.2, 0.25) is 0 Å². The molecular weight excluding hydrogens is 396 g/mol. The number of hydrogen-bond donors (Lipinski definition) is 0. The van der Waals surface area contributed by atoms with E-state index >= 15 is 0 Å². The molecule has 0 spiro atoms. The molecule has 2 aromatic carbocycles. The van der Waals surface area contributed by atoms with Crippen LogP contribution in [0.5, 0.6) is 0 Å². The zero-order valence-corrected chi connectivity index (χ0v) is 17.7. The summed E-state index contributed by atoms with van der Waals surface area (Å²) in [5, 5.41) is 0.682. The van der Waals surface area contributed by atoms with Crippen LogP contribution >= 0.6 is 11.3 Å². The van der Waals surface area contributed by atoms with Crippen molar-refractivity contribution in [3.8, 4) is 0 Å². The van der Waals surface area contributed by atoms with Crippen LogP contribution in [0.3, 0.4) is 0 Å². The Hall–Kier alpha value is -3.32. The van der Waals surface area contributed by atoms with Gasteiger partial charge < -0.3 is 4.57 Å². The lowest BCUT2D eigenvalue weighted by atomic mass is 10.1.